The first-order chi connectivity index (χ1) is 16.4. The molecular formula is C25H13F3O5S. The van der Waals surface area contributed by atoms with Crippen LogP contribution < -0.4 is 9.47 Å². The fraction of sp³-hybridized carbons (Fsp3) is 0.0400. The predicted molar refractivity (Wildman–Crippen MR) is 116 cm³/mol. The second kappa shape index (κ2) is 8.68. The zero-order valence-corrected chi connectivity index (χ0v) is 17.9. The molecule has 1 aliphatic heterocycles. The zero-order chi connectivity index (χ0) is 23.8. The number of rotatable bonds is 4. The molecule has 5 nitrogen and oxygen atoms in total. The molecule has 0 aliphatic carbocycles. The lowest BCUT2D eigenvalue weighted by atomic mass is 9.97. The van der Waals surface area contributed by atoms with Gasteiger partial charge in [0, 0.05) is 23.3 Å². The number of hydrogen-bond acceptors (Lipinski definition) is 6. The van der Waals surface area contributed by atoms with E-state index in [1.807, 2.05) is 12.1 Å². The fourth-order valence-electron chi connectivity index (χ4n) is 3.46. The topological polar surface area (TPSA) is 61.8 Å². The third-order valence-electron chi connectivity index (χ3n) is 5.02. The van der Waals surface area contributed by atoms with Crippen molar-refractivity contribution in [2.45, 2.75) is 6.10 Å². The minimum atomic E-state index is -1.67. The van der Waals surface area contributed by atoms with E-state index in [9.17, 15) is 22.8 Å². The first-order valence-corrected chi connectivity index (χ1v) is 10.8. The summed E-state index contributed by atoms with van der Waals surface area (Å²) in [6, 6.07) is 18.2. The molecule has 0 fully saturated rings. The molecule has 0 bridgehead atoms. The smallest absolute Gasteiger partial charge is 0.353 e. The summed E-state index contributed by atoms with van der Waals surface area (Å²) in [5.41, 5.74) is 1.34. The van der Waals surface area contributed by atoms with Crippen LogP contribution in [-0.4, -0.2) is 11.9 Å². The Balaban J connectivity index is 1.36. The lowest BCUT2D eigenvalue weighted by molar-refractivity contribution is 0.0367. The van der Waals surface area contributed by atoms with Gasteiger partial charge in [0.25, 0.3) is 0 Å². The average Bonchev–Trinajstić information content (AvgIpc) is 3.33. The third-order valence-corrected chi connectivity index (χ3v) is 6.07. The minimum Gasteiger partial charge on any atom is -0.456 e. The van der Waals surface area contributed by atoms with Crippen molar-refractivity contribution >= 4 is 23.3 Å². The summed E-state index contributed by atoms with van der Waals surface area (Å²) in [7, 11) is 0. The van der Waals surface area contributed by atoms with Crippen molar-refractivity contribution < 1.29 is 37.0 Å². The molecule has 0 N–H and O–H groups in total. The van der Waals surface area contributed by atoms with E-state index in [1.54, 1.807) is 36.4 Å². The Kier molecular flexibility index (Phi) is 5.54. The van der Waals surface area contributed by atoms with Gasteiger partial charge in [0.05, 0.1) is 0 Å². The zero-order valence-electron chi connectivity index (χ0n) is 17.1. The molecule has 3 aromatic carbocycles. The Bertz CT molecular complexity index is 1360. The van der Waals surface area contributed by atoms with Gasteiger partial charge in [-0.3, -0.25) is 0 Å². The van der Waals surface area contributed by atoms with E-state index >= 15 is 0 Å². The van der Waals surface area contributed by atoms with Crippen LogP contribution in [0.15, 0.2) is 72.8 Å². The van der Waals surface area contributed by atoms with Crippen molar-refractivity contribution in [3.05, 3.63) is 111 Å². The number of thiophene rings is 1. The average molecular weight is 482 g/mol. The van der Waals surface area contributed by atoms with Crippen molar-refractivity contribution in [3.63, 3.8) is 0 Å². The molecule has 170 valence electrons. The second-order valence-corrected chi connectivity index (χ2v) is 8.30. The van der Waals surface area contributed by atoms with Gasteiger partial charge in [-0.25, -0.2) is 22.8 Å². The van der Waals surface area contributed by atoms with Gasteiger partial charge in [-0.15, -0.1) is 11.3 Å². The van der Waals surface area contributed by atoms with E-state index in [0.29, 0.717) is 34.8 Å². The molecule has 0 saturated heterocycles. The lowest BCUT2D eigenvalue weighted by Crippen LogP contribution is -2.16. The van der Waals surface area contributed by atoms with E-state index in [0.717, 1.165) is 11.3 Å². The van der Waals surface area contributed by atoms with E-state index in [-0.39, 0.29) is 9.75 Å². The van der Waals surface area contributed by atoms with Gasteiger partial charge in [0.2, 0.25) is 0 Å². The summed E-state index contributed by atoms with van der Waals surface area (Å²) >= 11 is 0.789. The Morgan fingerprint density at radius 1 is 0.765 bits per heavy atom. The van der Waals surface area contributed by atoms with Gasteiger partial charge in [-0.1, -0.05) is 36.4 Å². The number of para-hydroxylation sites is 2. The predicted octanol–water partition coefficient (Wildman–Crippen LogP) is 6.44. The quantitative estimate of drug-likeness (QED) is 0.190. The molecule has 4 aromatic rings. The van der Waals surface area contributed by atoms with Crippen LogP contribution in [0.1, 0.15) is 36.6 Å². The molecule has 0 spiro atoms. The van der Waals surface area contributed by atoms with Gasteiger partial charge in [0.15, 0.2) is 23.6 Å². The number of hydrogen-bond donors (Lipinski definition) is 0. The van der Waals surface area contributed by atoms with Gasteiger partial charge in [0.1, 0.15) is 27.0 Å². The van der Waals surface area contributed by atoms with Crippen molar-refractivity contribution in [2.75, 3.05) is 0 Å². The number of fused-ring (bicyclic) bond motifs is 2. The molecule has 9 heteroatoms. The van der Waals surface area contributed by atoms with E-state index < -0.39 is 41.2 Å². The van der Waals surface area contributed by atoms with Gasteiger partial charge >= 0.3 is 11.9 Å². The highest BCUT2D eigenvalue weighted by Gasteiger charge is 2.31. The van der Waals surface area contributed by atoms with Gasteiger partial charge in [-0.05, 0) is 24.3 Å². The van der Waals surface area contributed by atoms with E-state index in [4.69, 9.17) is 14.2 Å². The van der Waals surface area contributed by atoms with Crippen LogP contribution in [-0.2, 0) is 4.74 Å². The molecule has 0 amide bonds. The number of carbonyl (C=O) groups excluding carboxylic acids is 2. The summed E-state index contributed by atoms with van der Waals surface area (Å²) in [6.07, 6.45) is -0.726. The molecule has 0 unspecified atom stereocenters. The molecule has 0 atom stereocenters. The van der Waals surface area contributed by atoms with Crippen molar-refractivity contribution in [1.29, 1.82) is 0 Å². The maximum Gasteiger partial charge on any atom is 0.353 e. The van der Waals surface area contributed by atoms with Crippen LogP contribution in [0.4, 0.5) is 13.2 Å². The largest absolute Gasteiger partial charge is 0.456 e. The monoisotopic (exact) mass is 482 g/mol. The van der Waals surface area contributed by atoms with Crippen molar-refractivity contribution in [3.8, 4) is 17.2 Å². The molecule has 0 saturated carbocycles. The van der Waals surface area contributed by atoms with Crippen LogP contribution >= 0.6 is 11.3 Å². The molecule has 5 rings (SSSR count). The van der Waals surface area contributed by atoms with Crippen molar-refractivity contribution in [2.24, 2.45) is 0 Å². The highest BCUT2D eigenvalue weighted by atomic mass is 32.1. The summed E-state index contributed by atoms with van der Waals surface area (Å²) in [6.45, 7) is 0. The van der Waals surface area contributed by atoms with Crippen LogP contribution in [0.3, 0.4) is 0 Å². The first-order valence-electron chi connectivity index (χ1n) is 9.94. The highest BCUT2D eigenvalue weighted by molar-refractivity contribution is 7.15. The SMILES string of the molecule is O=C(Oc1cc(F)c(F)c(F)c1)c1ccc(C(=O)OC2c3ccccc3Oc3ccccc32)s1. The number of esters is 2. The molecule has 2 heterocycles. The van der Waals surface area contributed by atoms with Crippen molar-refractivity contribution in [1.82, 2.24) is 0 Å². The summed E-state index contributed by atoms with van der Waals surface area (Å²) in [4.78, 5) is 25.4. The Labute approximate surface area is 194 Å². The highest BCUT2D eigenvalue weighted by Crippen LogP contribution is 2.44. The number of halogens is 3. The number of ether oxygens (including phenoxy) is 3. The maximum absolute atomic E-state index is 13.4. The van der Waals surface area contributed by atoms with Gasteiger partial charge < -0.3 is 14.2 Å². The summed E-state index contributed by atoms with van der Waals surface area (Å²) in [5.74, 6) is -5.67. The Morgan fingerprint density at radius 2 is 1.29 bits per heavy atom. The molecule has 0 radical (unpaired) electrons. The third kappa shape index (κ3) is 4.01. The molecule has 1 aliphatic rings. The molecule has 1 aromatic heterocycles. The standard InChI is InChI=1S/C25H13F3O5S/c26-16-11-13(12-17(27)22(16)28)31-24(29)20-9-10-21(34-20)25(30)33-23-14-5-1-3-7-18(14)32-19-8-4-2-6-15(19)23/h1-12,23H. The second-order valence-electron chi connectivity index (χ2n) is 7.22. The maximum atomic E-state index is 13.4. The van der Waals surface area contributed by atoms with Crippen LogP contribution in [0.25, 0.3) is 0 Å². The summed E-state index contributed by atoms with van der Waals surface area (Å²) in [5, 5.41) is 0. The van der Waals surface area contributed by atoms with Crippen LogP contribution in [0.2, 0.25) is 0 Å². The fourth-order valence-corrected chi connectivity index (χ4v) is 4.23. The lowest BCUT2D eigenvalue weighted by Gasteiger charge is -2.27. The number of benzene rings is 3. The van der Waals surface area contributed by atoms with Crippen LogP contribution in [0.5, 0.6) is 17.2 Å². The Hall–Kier alpha value is -4.11. The molecular weight excluding hydrogens is 469 g/mol. The summed E-state index contributed by atoms with van der Waals surface area (Å²) < 4.78 is 56.4. The first kappa shape index (κ1) is 21.7. The normalized spacial score (nSPS) is 12.3. The number of carbonyl (C=O) groups is 2. The Morgan fingerprint density at radius 3 is 1.88 bits per heavy atom. The minimum absolute atomic E-state index is 0.00938. The van der Waals surface area contributed by atoms with E-state index in [1.165, 1.54) is 12.1 Å². The van der Waals surface area contributed by atoms with E-state index in [2.05, 4.69) is 0 Å². The van der Waals surface area contributed by atoms with Crippen LogP contribution in [0, 0.1) is 17.5 Å². The molecule has 34 heavy (non-hydrogen) atoms. The van der Waals surface area contributed by atoms with Gasteiger partial charge in [-0.2, -0.15) is 0 Å².